The van der Waals surface area contributed by atoms with Gasteiger partial charge in [-0.05, 0) is 9.65 Å². The fourth-order valence-corrected chi connectivity index (χ4v) is 2.53. The van der Waals surface area contributed by atoms with Gasteiger partial charge < -0.3 is 5.11 Å². The Hall–Kier alpha value is -1.72. The lowest BCUT2D eigenvalue weighted by Crippen LogP contribution is -2.15. The quantitative estimate of drug-likeness (QED) is 0.471. The summed E-state index contributed by atoms with van der Waals surface area (Å²) in [7, 11) is 0. The fourth-order valence-electron chi connectivity index (χ4n) is 1.87. The zero-order chi connectivity index (χ0) is 15.1. The molecule has 0 bridgehead atoms. The summed E-state index contributed by atoms with van der Waals surface area (Å²) in [5, 5.41) is 10.2. The molecule has 1 N–H and O–H groups in total. The smallest absolute Gasteiger partial charge is 0.192 e. The SMILES string of the molecule is O=C(/C(=C\I)C(O)/C=C/c1ccccc1)c1ccccc1. The van der Waals surface area contributed by atoms with Crippen molar-refractivity contribution in [1.29, 1.82) is 0 Å². The molecule has 0 aliphatic rings. The molecule has 0 saturated heterocycles. The molecule has 1 atom stereocenters. The third kappa shape index (κ3) is 4.37. The molecule has 0 fully saturated rings. The number of carbonyl (C=O) groups excluding carboxylic acids is 1. The van der Waals surface area contributed by atoms with Crippen molar-refractivity contribution in [1.82, 2.24) is 0 Å². The number of Topliss-reactive ketones (excluding diaryl/α,β-unsaturated/α-hetero) is 1. The largest absolute Gasteiger partial charge is 0.384 e. The number of halogens is 1. The molecule has 2 nitrogen and oxygen atoms in total. The summed E-state index contributed by atoms with van der Waals surface area (Å²) in [6.07, 6.45) is 2.51. The number of benzene rings is 2. The summed E-state index contributed by atoms with van der Waals surface area (Å²) in [4.78, 5) is 12.4. The molecule has 0 radical (unpaired) electrons. The van der Waals surface area contributed by atoms with E-state index in [2.05, 4.69) is 0 Å². The molecule has 1 unspecified atom stereocenters. The second kappa shape index (κ2) is 7.90. The van der Waals surface area contributed by atoms with Crippen molar-refractivity contribution in [3.05, 3.63) is 87.5 Å². The van der Waals surface area contributed by atoms with Gasteiger partial charge in [-0.25, -0.2) is 0 Å². The van der Waals surface area contributed by atoms with Crippen LogP contribution in [0.5, 0.6) is 0 Å². The summed E-state index contributed by atoms with van der Waals surface area (Å²) in [6.45, 7) is 0. The van der Waals surface area contributed by atoms with Crippen LogP contribution in [-0.4, -0.2) is 17.0 Å². The number of aliphatic hydroxyl groups excluding tert-OH is 1. The van der Waals surface area contributed by atoms with Crippen LogP contribution in [0.4, 0.5) is 0 Å². The van der Waals surface area contributed by atoms with Gasteiger partial charge in [-0.3, -0.25) is 4.79 Å². The van der Waals surface area contributed by atoms with Gasteiger partial charge in [0.25, 0.3) is 0 Å². The first-order valence-corrected chi connectivity index (χ1v) is 7.78. The van der Waals surface area contributed by atoms with Crippen LogP contribution in [-0.2, 0) is 0 Å². The minimum absolute atomic E-state index is 0.157. The molecule has 0 amide bonds. The van der Waals surface area contributed by atoms with Crippen LogP contribution in [0, 0.1) is 0 Å². The van der Waals surface area contributed by atoms with Crippen LogP contribution in [0.1, 0.15) is 15.9 Å². The second-order valence-electron chi connectivity index (χ2n) is 4.47. The van der Waals surface area contributed by atoms with E-state index in [1.165, 1.54) is 0 Å². The summed E-state index contributed by atoms with van der Waals surface area (Å²) in [6, 6.07) is 18.6. The average molecular weight is 390 g/mol. The van der Waals surface area contributed by atoms with E-state index in [-0.39, 0.29) is 5.78 Å². The Labute approximate surface area is 138 Å². The van der Waals surface area contributed by atoms with Crippen LogP contribution < -0.4 is 0 Å². The van der Waals surface area contributed by atoms with Crippen molar-refractivity contribution >= 4 is 34.5 Å². The van der Waals surface area contributed by atoms with Crippen LogP contribution in [0.25, 0.3) is 6.08 Å². The Bertz CT molecular complexity index is 645. The standard InChI is InChI=1S/C18H15IO2/c19-13-16(18(21)15-9-5-2-6-10-15)17(20)12-11-14-7-3-1-4-8-14/h1-13,17,20H/b12-11+,16-13-. The molecule has 0 heterocycles. The minimum Gasteiger partial charge on any atom is -0.384 e. The van der Waals surface area contributed by atoms with Gasteiger partial charge in [0.2, 0.25) is 0 Å². The normalized spacial score (nSPS) is 13.3. The molecule has 21 heavy (non-hydrogen) atoms. The summed E-state index contributed by atoms with van der Waals surface area (Å²) >= 11 is 1.98. The lowest BCUT2D eigenvalue weighted by molar-refractivity contribution is 0.100. The predicted octanol–water partition coefficient (Wildman–Crippen LogP) is 4.26. The maximum Gasteiger partial charge on any atom is 0.192 e. The third-order valence-electron chi connectivity index (χ3n) is 3.00. The molecule has 2 aromatic carbocycles. The van der Waals surface area contributed by atoms with Crippen molar-refractivity contribution in [2.24, 2.45) is 0 Å². The number of hydrogen-bond acceptors (Lipinski definition) is 2. The van der Waals surface area contributed by atoms with E-state index in [0.29, 0.717) is 11.1 Å². The van der Waals surface area contributed by atoms with Crippen LogP contribution in [0.15, 0.2) is 76.4 Å². The second-order valence-corrected chi connectivity index (χ2v) is 5.10. The molecule has 0 saturated carbocycles. The first kappa shape index (κ1) is 15.7. The summed E-state index contributed by atoms with van der Waals surface area (Å²) < 4.78 is 1.63. The average Bonchev–Trinajstić information content (AvgIpc) is 2.55. The molecule has 2 aromatic rings. The zero-order valence-electron chi connectivity index (χ0n) is 11.3. The van der Waals surface area contributed by atoms with E-state index in [9.17, 15) is 9.90 Å². The maximum atomic E-state index is 12.4. The Kier molecular flexibility index (Phi) is 5.90. The molecule has 0 aromatic heterocycles. The number of rotatable bonds is 5. The van der Waals surface area contributed by atoms with E-state index in [4.69, 9.17) is 0 Å². The number of carbonyl (C=O) groups is 1. The third-order valence-corrected chi connectivity index (χ3v) is 3.68. The molecule has 2 rings (SSSR count). The van der Waals surface area contributed by atoms with Gasteiger partial charge in [0.05, 0.1) is 0 Å². The number of hydrogen-bond donors (Lipinski definition) is 1. The highest BCUT2D eigenvalue weighted by Gasteiger charge is 2.17. The van der Waals surface area contributed by atoms with Crippen LogP contribution in [0.2, 0.25) is 0 Å². The highest BCUT2D eigenvalue weighted by Crippen LogP contribution is 2.16. The van der Waals surface area contributed by atoms with Gasteiger partial charge in [-0.1, -0.05) is 95.4 Å². The van der Waals surface area contributed by atoms with Crippen LogP contribution >= 0.6 is 22.6 Å². The Balaban J connectivity index is 2.15. The topological polar surface area (TPSA) is 37.3 Å². The van der Waals surface area contributed by atoms with Gasteiger partial charge in [0, 0.05) is 11.1 Å². The van der Waals surface area contributed by atoms with Crippen molar-refractivity contribution in [3.63, 3.8) is 0 Å². The van der Waals surface area contributed by atoms with Gasteiger partial charge in [0.15, 0.2) is 5.78 Å². The van der Waals surface area contributed by atoms with Crippen molar-refractivity contribution in [2.75, 3.05) is 0 Å². The summed E-state index contributed by atoms with van der Waals surface area (Å²) in [5.41, 5.74) is 1.93. The van der Waals surface area contributed by atoms with E-state index >= 15 is 0 Å². The van der Waals surface area contributed by atoms with Crippen molar-refractivity contribution in [3.8, 4) is 0 Å². The first-order valence-electron chi connectivity index (χ1n) is 6.53. The van der Waals surface area contributed by atoms with Gasteiger partial charge in [0.1, 0.15) is 6.10 Å². The molecule has 0 aliphatic carbocycles. The molecular formula is C18H15IO2. The highest BCUT2D eigenvalue weighted by atomic mass is 127. The van der Waals surface area contributed by atoms with Crippen molar-refractivity contribution < 1.29 is 9.90 Å². The molecule has 0 aliphatic heterocycles. The highest BCUT2D eigenvalue weighted by molar-refractivity contribution is 14.1. The molecule has 3 heteroatoms. The lowest BCUT2D eigenvalue weighted by Gasteiger charge is -2.09. The predicted molar refractivity (Wildman–Crippen MR) is 94.4 cm³/mol. The molecular weight excluding hydrogens is 375 g/mol. The minimum atomic E-state index is -0.921. The summed E-state index contributed by atoms with van der Waals surface area (Å²) in [5.74, 6) is -0.157. The Morgan fingerprint density at radius 2 is 1.57 bits per heavy atom. The maximum absolute atomic E-state index is 12.4. The van der Waals surface area contributed by atoms with E-state index < -0.39 is 6.10 Å². The van der Waals surface area contributed by atoms with Crippen LogP contribution in [0.3, 0.4) is 0 Å². The van der Waals surface area contributed by atoms with E-state index in [1.807, 2.05) is 77.2 Å². The monoisotopic (exact) mass is 390 g/mol. The Morgan fingerprint density at radius 3 is 2.14 bits per heavy atom. The molecule has 0 spiro atoms. The number of aliphatic hydroxyl groups is 1. The first-order chi connectivity index (χ1) is 10.2. The van der Waals surface area contributed by atoms with Gasteiger partial charge >= 0.3 is 0 Å². The van der Waals surface area contributed by atoms with Gasteiger partial charge in [-0.2, -0.15) is 0 Å². The van der Waals surface area contributed by atoms with Gasteiger partial charge in [-0.15, -0.1) is 0 Å². The van der Waals surface area contributed by atoms with Crippen molar-refractivity contribution in [2.45, 2.75) is 6.10 Å². The molecule has 106 valence electrons. The fraction of sp³-hybridized carbons (Fsp3) is 0.0556. The zero-order valence-corrected chi connectivity index (χ0v) is 13.5. The van der Waals surface area contributed by atoms with E-state index in [0.717, 1.165) is 5.56 Å². The Morgan fingerprint density at radius 1 is 1.00 bits per heavy atom. The number of ketones is 1. The lowest BCUT2D eigenvalue weighted by atomic mass is 10.00. The van der Waals surface area contributed by atoms with E-state index in [1.54, 1.807) is 22.3 Å².